The monoisotopic (exact) mass is 1100 g/mol. The highest BCUT2D eigenvalue weighted by Gasteiger charge is 2.54. The molecule has 4 rings (SSSR count). The second-order valence-electron chi connectivity index (χ2n) is 18.7. The lowest BCUT2D eigenvalue weighted by Gasteiger charge is -2.48. The van der Waals surface area contributed by atoms with E-state index in [1.54, 1.807) is 0 Å². The zero-order chi connectivity index (χ0) is 54.8. The molecule has 0 spiro atoms. The minimum Gasteiger partial charge on any atom is -0.394 e. The number of aliphatic hydroxyl groups is 10. The van der Waals surface area contributed by atoms with E-state index in [2.05, 4.69) is 42.5 Å². The molecule has 0 aromatic rings. The van der Waals surface area contributed by atoms with Crippen molar-refractivity contribution in [2.24, 2.45) is 0 Å². The molecule has 0 unspecified atom stereocenters. The van der Waals surface area contributed by atoms with Gasteiger partial charge < -0.3 is 122 Å². The molecular weight excluding hydrogens is 1020 g/mol. The van der Waals surface area contributed by atoms with Crippen molar-refractivity contribution in [3.8, 4) is 0 Å². The van der Waals surface area contributed by atoms with Crippen molar-refractivity contribution in [2.45, 2.75) is 202 Å². The first kappa shape index (κ1) is 63.2. The normalized spacial score (nSPS) is 36.1. The van der Waals surface area contributed by atoms with Crippen LogP contribution in [-0.4, -0.2) is 247 Å². The second kappa shape index (κ2) is 31.1. The average Bonchev–Trinajstić information content (AvgIpc) is 3.34. The summed E-state index contributed by atoms with van der Waals surface area (Å²) in [4.78, 5) is 48.3. The van der Waals surface area contributed by atoms with Crippen LogP contribution in [0.4, 0.5) is 0 Å². The van der Waals surface area contributed by atoms with Crippen LogP contribution in [0.15, 0.2) is 0 Å². The molecule has 0 aromatic heterocycles. The van der Waals surface area contributed by atoms with Crippen molar-refractivity contribution >= 4 is 58.3 Å². The van der Waals surface area contributed by atoms with E-state index in [4.69, 9.17) is 52.9 Å². The highest BCUT2D eigenvalue weighted by atomic mass is 32.1. The first-order chi connectivity index (χ1) is 35.1. The van der Waals surface area contributed by atoms with Gasteiger partial charge in [-0.25, -0.2) is 0 Å². The van der Waals surface area contributed by atoms with Crippen molar-refractivity contribution < 1.29 is 98.7 Å². The summed E-state index contributed by atoms with van der Waals surface area (Å²) in [6.45, 7) is 2.98. The predicted molar refractivity (Wildman–Crippen MR) is 264 cm³/mol. The number of amides is 4. The summed E-state index contributed by atoms with van der Waals surface area (Å²) in [5.41, 5.74) is 0. The minimum atomic E-state index is -1.64. The lowest BCUT2D eigenvalue weighted by molar-refractivity contribution is -0.315. The van der Waals surface area contributed by atoms with Crippen molar-refractivity contribution in [2.75, 3.05) is 39.5 Å². The molecule has 4 saturated heterocycles. The Kier molecular flexibility index (Phi) is 26.6. The number of rotatable bonds is 25. The van der Waals surface area contributed by atoms with E-state index >= 15 is 0 Å². The molecule has 4 aliphatic heterocycles. The van der Waals surface area contributed by atoms with Gasteiger partial charge in [0.2, 0.25) is 23.6 Å². The van der Waals surface area contributed by atoms with Crippen molar-refractivity contribution in [1.29, 1.82) is 0 Å². The van der Waals surface area contributed by atoms with E-state index in [0.29, 0.717) is 13.1 Å². The fourth-order valence-corrected chi connectivity index (χ4v) is 9.57. The van der Waals surface area contributed by atoms with Crippen LogP contribution in [0.1, 0.15) is 79.1 Å². The van der Waals surface area contributed by atoms with E-state index in [1.807, 2.05) is 0 Å². The van der Waals surface area contributed by atoms with Crippen LogP contribution in [0, 0.1) is 0 Å². The van der Waals surface area contributed by atoms with Gasteiger partial charge >= 0.3 is 0 Å². The summed E-state index contributed by atoms with van der Waals surface area (Å²) >= 11 is 11.0. The number of aliphatic hydroxyl groups excluding tert-OH is 10. The summed E-state index contributed by atoms with van der Waals surface area (Å²) in [5, 5.41) is 127. The molecule has 18 N–H and O–H groups in total. The Morgan fingerprint density at radius 2 is 0.703 bits per heavy atom. The second-order valence-corrected chi connectivity index (χ2v) is 19.5. The largest absolute Gasteiger partial charge is 0.394 e. The summed E-state index contributed by atoms with van der Waals surface area (Å²) < 4.78 is 35.2. The van der Waals surface area contributed by atoms with Gasteiger partial charge in [0.05, 0.1) is 26.4 Å². The Morgan fingerprint density at radius 1 is 0.405 bits per heavy atom. The number of thiocarbonyl (C=S) groups is 2. The molecule has 0 saturated carbocycles. The highest BCUT2D eigenvalue weighted by molar-refractivity contribution is 7.80. The Labute approximate surface area is 439 Å². The van der Waals surface area contributed by atoms with Crippen molar-refractivity contribution in [3.63, 3.8) is 0 Å². The predicted octanol–water partition coefficient (Wildman–Crippen LogP) is -7.14. The first-order valence-corrected chi connectivity index (χ1v) is 25.6. The molecule has 30 heteroatoms. The molecule has 20 atom stereocenters. The van der Waals surface area contributed by atoms with E-state index in [-0.39, 0.29) is 10.2 Å². The molecule has 28 nitrogen and oxygen atoms in total. The fraction of sp³-hybridized carbons (Fsp3) is 0.864. The number of carbonyl (C=O) groups is 4. The summed E-state index contributed by atoms with van der Waals surface area (Å²) in [6, 6.07) is -5.05. The molecule has 4 amide bonds. The van der Waals surface area contributed by atoms with Gasteiger partial charge in [-0.1, -0.05) is 38.5 Å². The van der Waals surface area contributed by atoms with Crippen LogP contribution in [0.3, 0.4) is 0 Å². The van der Waals surface area contributed by atoms with Gasteiger partial charge in [0.25, 0.3) is 0 Å². The molecule has 74 heavy (non-hydrogen) atoms. The van der Waals surface area contributed by atoms with E-state index in [9.17, 15) is 70.2 Å². The molecule has 4 aliphatic rings. The van der Waals surface area contributed by atoms with Gasteiger partial charge in [0.1, 0.15) is 97.4 Å². The third-order valence-corrected chi connectivity index (χ3v) is 13.4. The quantitative estimate of drug-likeness (QED) is 0.0298. The van der Waals surface area contributed by atoms with Crippen LogP contribution >= 0.6 is 24.4 Å². The number of nitrogens with one attached hydrogen (secondary N) is 8. The lowest BCUT2D eigenvalue weighted by atomic mass is 9.94. The third kappa shape index (κ3) is 18.1. The van der Waals surface area contributed by atoms with E-state index in [0.717, 1.165) is 51.4 Å². The lowest BCUT2D eigenvalue weighted by Crippen LogP contribution is -2.71. The standard InChI is InChI=1S/C44H78N8O20S2/c1-19(57)47-27-35(65)37(71-41-29(49-21(3)59)33(63)31(61)23(15-53)69-41)25(17-55)67-39(27)51-43(73)45-13-11-9-7-5-6-8-10-12-14-46-44(74)52-40-28(48-20(2)58)36(66)38(26(18-56)68-40)72-42-30(50-22(4)60)34(64)32(62)24(16-54)70-42/h23-42,53-56,61-66H,5-18H2,1-4H3,(H,47,57)(H,48,58)(H,49,59)(H,50,60)(H2,45,51,73)(H2,46,52,74)/t23-,24-,25-,26-,27-,28-,29-,30-,31+,32+,33-,34-,35-,36-,37-,38-,39-,40-,41+,42+/m1/s1. The number of hydrogen-bond donors (Lipinski definition) is 18. The van der Waals surface area contributed by atoms with E-state index in [1.165, 1.54) is 27.7 Å². The average molecular weight is 1100 g/mol. The number of carbonyl (C=O) groups excluding carboxylic acids is 4. The maximum Gasteiger partial charge on any atom is 0.217 e. The summed E-state index contributed by atoms with van der Waals surface area (Å²) in [7, 11) is 0. The Morgan fingerprint density at radius 3 is 1.00 bits per heavy atom. The van der Waals surface area contributed by atoms with Crippen LogP contribution in [-0.2, 0) is 47.6 Å². The molecule has 0 aliphatic carbocycles. The van der Waals surface area contributed by atoms with Gasteiger partial charge in [0, 0.05) is 40.8 Å². The minimum absolute atomic E-state index is 0.151. The van der Waals surface area contributed by atoms with Crippen LogP contribution in [0.2, 0.25) is 0 Å². The molecule has 4 fully saturated rings. The van der Waals surface area contributed by atoms with E-state index < -0.39 is 173 Å². The molecule has 0 radical (unpaired) electrons. The maximum atomic E-state index is 12.2. The van der Waals surface area contributed by atoms with Gasteiger partial charge in [0.15, 0.2) is 35.3 Å². The Balaban J connectivity index is 1.15. The third-order valence-electron chi connectivity index (χ3n) is 12.8. The number of unbranched alkanes of at least 4 members (excludes halogenated alkanes) is 7. The molecule has 426 valence electrons. The van der Waals surface area contributed by atoms with Crippen molar-refractivity contribution in [3.05, 3.63) is 0 Å². The smallest absolute Gasteiger partial charge is 0.217 e. The highest BCUT2D eigenvalue weighted by Crippen LogP contribution is 2.31. The Hall–Kier alpha value is -3.38. The van der Waals surface area contributed by atoms with Crippen LogP contribution in [0.25, 0.3) is 0 Å². The van der Waals surface area contributed by atoms with Gasteiger partial charge in [-0.05, 0) is 37.3 Å². The topological polar surface area (TPSA) is 422 Å². The number of hydrogen-bond acceptors (Lipinski definition) is 22. The summed E-state index contributed by atoms with van der Waals surface area (Å²) in [6.07, 6.45) is -15.6. The zero-order valence-electron chi connectivity index (χ0n) is 41.8. The van der Waals surface area contributed by atoms with Gasteiger partial charge in [-0.2, -0.15) is 0 Å². The molecule has 0 bridgehead atoms. The number of ether oxygens (including phenoxy) is 6. The molecular formula is C44H78N8O20S2. The zero-order valence-corrected chi connectivity index (χ0v) is 43.5. The summed E-state index contributed by atoms with van der Waals surface area (Å²) in [5.74, 6) is -2.26. The Bertz CT molecular complexity index is 1680. The first-order valence-electron chi connectivity index (χ1n) is 24.8. The van der Waals surface area contributed by atoms with Crippen molar-refractivity contribution in [1.82, 2.24) is 42.5 Å². The fourth-order valence-electron chi connectivity index (χ4n) is 9.13. The van der Waals surface area contributed by atoms with Crippen LogP contribution in [0.5, 0.6) is 0 Å². The SMILES string of the molecule is CC(=O)N[C@@H]1[C@@H](O)[C@H](O[C@@H]2O[C@H](CO)[C@H](O)[C@H](O)[C@H]2NC(C)=O)[C@@H](CO)O[C@H]1NC(=S)NCCCCCCCCCCNC(=S)N[C@@H]1O[C@H](CO)[C@@H](O[C@@H]2O[C@H](CO)[C@H](O)[C@H](O)[C@H]2NC(C)=O)[C@H](O)[C@H]1NC(C)=O. The van der Waals surface area contributed by atoms with Gasteiger partial charge in [-0.3, -0.25) is 19.2 Å². The molecule has 0 aromatic carbocycles. The van der Waals surface area contributed by atoms with Crippen LogP contribution < -0.4 is 42.5 Å². The maximum absolute atomic E-state index is 12.2. The molecule has 4 heterocycles. The van der Waals surface area contributed by atoms with Gasteiger partial charge in [-0.15, -0.1) is 0 Å².